The van der Waals surface area contributed by atoms with E-state index in [-0.39, 0.29) is 19.5 Å². The summed E-state index contributed by atoms with van der Waals surface area (Å²) >= 11 is 2.00. The molecule has 2 rings (SSSR count). The molecule has 1 aliphatic rings. The van der Waals surface area contributed by atoms with Crippen LogP contribution in [0.1, 0.15) is 16.8 Å². The number of carbonyl (C=O) groups excluding carboxylic acids is 1. The highest BCUT2D eigenvalue weighted by Gasteiger charge is 2.39. The number of carbonyl (C=O) groups is 1. The van der Waals surface area contributed by atoms with Gasteiger partial charge in [-0.25, -0.2) is 13.8 Å². The van der Waals surface area contributed by atoms with E-state index in [0.717, 1.165) is 3.57 Å². The third-order valence-corrected chi connectivity index (χ3v) is 3.44. The van der Waals surface area contributed by atoms with Crippen LogP contribution in [0, 0.1) is 3.57 Å². The lowest BCUT2D eigenvalue weighted by atomic mass is 10.2. The van der Waals surface area contributed by atoms with Gasteiger partial charge in [0.15, 0.2) is 6.29 Å². The highest BCUT2D eigenvalue weighted by Crippen LogP contribution is 2.31. The Labute approximate surface area is 105 Å². The fraction of sp³-hybridized carbons (Fsp3) is 0.400. The van der Waals surface area contributed by atoms with Crippen LogP contribution in [0.3, 0.4) is 0 Å². The van der Waals surface area contributed by atoms with Crippen LogP contribution in [0.15, 0.2) is 12.3 Å². The molecule has 1 fully saturated rings. The summed E-state index contributed by atoms with van der Waals surface area (Å²) in [6, 6.07) is 1.68. The molecule has 0 N–H and O–H groups in total. The van der Waals surface area contributed by atoms with E-state index in [1.807, 2.05) is 22.6 Å². The maximum atomic E-state index is 13.1. The van der Waals surface area contributed by atoms with Gasteiger partial charge in [-0.15, -0.1) is 0 Å². The van der Waals surface area contributed by atoms with Crippen LogP contribution >= 0.6 is 22.6 Å². The van der Waals surface area contributed by atoms with Gasteiger partial charge in [-0.1, -0.05) is 0 Å². The van der Waals surface area contributed by atoms with Crippen LogP contribution in [-0.2, 0) is 0 Å². The molecule has 0 saturated carbocycles. The lowest BCUT2D eigenvalue weighted by molar-refractivity contribution is 0.0256. The van der Waals surface area contributed by atoms with Crippen molar-refractivity contribution in [3.05, 3.63) is 21.4 Å². The predicted octanol–water partition coefficient (Wildman–Crippen LogP) is 2.34. The van der Waals surface area contributed by atoms with Crippen LogP contribution in [0.2, 0.25) is 0 Å². The van der Waals surface area contributed by atoms with Gasteiger partial charge in [-0.05, 0) is 28.7 Å². The molecule has 0 bridgehead atoms. The molecule has 0 radical (unpaired) electrons. The Hall–Kier alpha value is -0.790. The molecule has 0 amide bonds. The van der Waals surface area contributed by atoms with Crippen molar-refractivity contribution in [1.82, 2.24) is 4.98 Å². The van der Waals surface area contributed by atoms with E-state index in [0.29, 0.717) is 17.7 Å². The largest absolute Gasteiger partial charge is 0.350 e. The van der Waals surface area contributed by atoms with E-state index in [4.69, 9.17) is 0 Å². The van der Waals surface area contributed by atoms with E-state index in [9.17, 15) is 13.6 Å². The Morgan fingerprint density at radius 1 is 1.56 bits per heavy atom. The van der Waals surface area contributed by atoms with Crippen molar-refractivity contribution in [1.29, 1.82) is 0 Å². The zero-order chi connectivity index (χ0) is 11.8. The van der Waals surface area contributed by atoms with Gasteiger partial charge in [-0.2, -0.15) is 0 Å². The van der Waals surface area contributed by atoms with E-state index in [2.05, 4.69) is 4.98 Å². The second kappa shape index (κ2) is 4.23. The summed E-state index contributed by atoms with van der Waals surface area (Å²) in [6.45, 7) is -0.123. The maximum Gasteiger partial charge on any atom is 0.266 e. The molecule has 3 nitrogen and oxygen atoms in total. The first-order valence-electron chi connectivity index (χ1n) is 4.76. The molecule has 1 saturated heterocycles. The Morgan fingerprint density at radius 3 is 2.88 bits per heavy atom. The lowest BCUT2D eigenvalue weighted by Gasteiger charge is -2.18. The average Bonchev–Trinajstić information content (AvgIpc) is 2.58. The Kier molecular flexibility index (Phi) is 3.09. The van der Waals surface area contributed by atoms with Gasteiger partial charge in [0.05, 0.1) is 12.1 Å². The van der Waals surface area contributed by atoms with Crippen LogP contribution in [-0.4, -0.2) is 30.3 Å². The quantitative estimate of drug-likeness (QED) is 0.613. The minimum atomic E-state index is -2.68. The van der Waals surface area contributed by atoms with Gasteiger partial charge in [0.2, 0.25) is 0 Å². The van der Waals surface area contributed by atoms with Crippen LogP contribution in [0.25, 0.3) is 0 Å². The van der Waals surface area contributed by atoms with Gasteiger partial charge >= 0.3 is 0 Å². The van der Waals surface area contributed by atoms with E-state index < -0.39 is 5.92 Å². The summed E-state index contributed by atoms with van der Waals surface area (Å²) in [5.41, 5.74) is 0.390. The van der Waals surface area contributed by atoms with Crippen LogP contribution < -0.4 is 4.90 Å². The summed E-state index contributed by atoms with van der Waals surface area (Å²) in [4.78, 5) is 16.4. The molecule has 0 aromatic carbocycles. The second-order valence-corrected chi connectivity index (χ2v) is 4.84. The number of aldehydes is 1. The summed E-state index contributed by atoms with van der Waals surface area (Å²) in [7, 11) is 0. The topological polar surface area (TPSA) is 33.2 Å². The molecule has 0 unspecified atom stereocenters. The standard InChI is InChI=1S/C10H9F2IN2O/c11-10(12)2-4-15(6-10)9-7(5-16)8(13)1-3-14-9/h1,3,5H,2,4,6H2. The monoisotopic (exact) mass is 338 g/mol. The van der Waals surface area contributed by atoms with Crippen LogP contribution in [0.5, 0.6) is 0 Å². The van der Waals surface area contributed by atoms with E-state index in [1.54, 1.807) is 6.07 Å². The zero-order valence-corrected chi connectivity index (χ0v) is 10.4. The molecule has 0 spiro atoms. The number of hydrogen-bond donors (Lipinski definition) is 0. The Bertz CT molecular complexity index is 425. The molecule has 6 heteroatoms. The van der Waals surface area contributed by atoms with Crippen molar-refractivity contribution in [2.45, 2.75) is 12.3 Å². The molecule has 16 heavy (non-hydrogen) atoms. The van der Waals surface area contributed by atoms with Crippen molar-refractivity contribution in [3.8, 4) is 0 Å². The van der Waals surface area contributed by atoms with Gasteiger partial charge in [0.25, 0.3) is 5.92 Å². The number of pyridine rings is 1. The molecular formula is C10H9F2IN2O. The van der Waals surface area contributed by atoms with Gasteiger partial charge < -0.3 is 4.90 Å². The van der Waals surface area contributed by atoms with Crippen molar-refractivity contribution in [3.63, 3.8) is 0 Å². The van der Waals surface area contributed by atoms with Crippen molar-refractivity contribution in [2.75, 3.05) is 18.0 Å². The highest BCUT2D eigenvalue weighted by molar-refractivity contribution is 14.1. The van der Waals surface area contributed by atoms with Gasteiger partial charge in [-0.3, -0.25) is 4.79 Å². The fourth-order valence-corrected chi connectivity index (χ4v) is 2.25. The minimum Gasteiger partial charge on any atom is -0.350 e. The number of aromatic nitrogens is 1. The molecule has 1 aromatic rings. The first-order chi connectivity index (χ1) is 7.53. The zero-order valence-electron chi connectivity index (χ0n) is 8.29. The molecule has 2 heterocycles. The number of alkyl halides is 2. The molecular weight excluding hydrogens is 329 g/mol. The smallest absolute Gasteiger partial charge is 0.266 e. The van der Waals surface area contributed by atoms with Crippen molar-refractivity contribution < 1.29 is 13.6 Å². The number of anilines is 1. The SMILES string of the molecule is O=Cc1c(I)ccnc1N1CCC(F)(F)C1. The number of rotatable bonds is 2. The molecule has 1 aromatic heterocycles. The summed E-state index contributed by atoms with van der Waals surface area (Å²) in [5, 5.41) is 0. The first kappa shape index (κ1) is 11.7. The normalized spacial score (nSPS) is 18.8. The third kappa shape index (κ3) is 2.16. The Morgan fingerprint density at radius 2 is 2.31 bits per heavy atom. The average molecular weight is 338 g/mol. The highest BCUT2D eigenvalue weighted by atomic mass is 127. The Balaban J connectivity index is 2.35. The minimum absolute atomic E-state index is 0.182. The maximum absolute atomic E-state index is 13.1. The lowest BCUT2D eigenvalue weighted by Crippen LogP contribution is -2.26. The third-order valence-electron chi connectivity index (χ3n) is 2.50. The summed E-state index contributed by atoms with van der Waals surface area (Å²) < 4.78 is 26.8. The molecule has 86 valence electrons. The molecule has 0 atom stereocenters. The first-order valence-corrected chi connectivity index (χ1v) is 5.84. The second-order valence-electron chi connectivity index (χ2n) is 3.68. The number of hydrogen-bond acceptors (Lipinski definition) is 3. The summed E-state index contributed by atoms with van der Waals surface area (Å²) in [5.74, 6) is -2.32. The van der Waals surface area contributed by atoms with Crippen LogP contribution in [0.4, 0.5) is 14.6 Å². The van der Waals surface area contributed by atoms with E-state index in [1.165, 1.54) is 11.1 Å². The van der Waals surface area contributed by atoms with E-state index >= 15 is 0 Å². The molecule has 0 aliphatic carbocycles. The number of nitrogens with zero attached hydrogens (tertiary/aromatic N) is 2. The van der Waals surface area contributed by atoms with Gasteiger partial charge in [0.1, 0.15) is 5.82 Å². The summed E-state index contributed by atoms with van der Waals surface area (Å²) in [6.07, 6.45) is 2.01. The molecule has 1 aliphatic heterocycles. The predicted molar refractivity (Wildman–Crippen MR) is 64.1 cm³/mol. The van der Waals surface area contributed by atoms with Crippen molar-refractivity contribution in [2.24, 2.45) is 0 Å². The fourth-order valence-electron chi connectivity index (χ4n) is 1.72. The van der Waals surface area contributed by atoms with Gasteiger partial charge in [0, 0.05) is 22.7 Å². The van der Waals surface area contributed by atoms with Crippen molar-refractivity contribution >= 4 is 34.7 Å². The number of halogens is 3.